The van der Waals surface area contributed by atoms with Gasteiger partial charge in [0.05, 0.1) is 0 Å². The molecule has 0 amide bonds. The van der Waals surface area contributed by atoms with Crippen molar-refractivity contribution in [2.24, 2.45) is 0 Å². The SMILES string of the molecule is [CH2-]C[SiH](CC)CC.[I-].[Mg+2]. The molecule has 0 aliphatic heterocycles. The minimum absolute atomic E-state index is 0. The summed E-state index contributed by atoms with van der Waals surface area (Å²) in [5, 5.41) is 0. The molecule has 0 aromatic heterocycles. The predicted octanol–water partition coefficient (Wildman–Crippen LogP) is -1.29. The Morgan fingerprint density at radius 3 is 1.56 bits per heavy atom. The molecular formula is C6H15IMgSi. The summed E-state index contributed by atoms with van der Waals surface area (Å²) in [7, 11) is -0.282. The first kappa shape index (κ1) is 17.0. The van der Waals surface area contributed by atoms with E-state index < -0.39 is 0 Å². The fourth-order valence-electron chi connectivity index (χ4n) is 0.697. The van der Waals surface area contributed by atoms with Crippen LogP contribution in [0, 0.1) is 6.92 Å². The van der Waals surface area contributed by atoms with Crippen LogP contribution in [0.2, 0.25) is 18.1 Å². The number of hydrogen-bond donors (Lipinski definition) is 0. The summed E-state index contributed by atoms with van der Waals surface area (Å²) < 4.78 is 0. The Morgan fingerprint density at radius 2 is 1.56 bits per heavy atom. The summed E-state index contributed by atoms with van der Waals surface area (Å²) >= 11 is 0. The van der Waals surface area contributed by atoms with Crippen molar-refractivity contribution in [3.8, 4) is 0 Å². The van der Waals surface area contributed by atoms with Gasteiger partial charge in [-0.05, 0) is 0 Å². The van der Waals surface area contributed by atoms with Crippen molar-refractivity contribution >= 4 is 31.8 Å². The van der Waals surface area contributed by atoms with Crippen molar-refractivity contribution in [1.29, 1.82) is 0 Å². The third-order valence-electron chi connectivity index (χ3n) is 1.56. The molecule has 0 saturated heterocycles. The van der Waals surface area contributed by atoms with Crippen molar-refractivity contribution in [1.82, 2.24) is 0 Å². The van der Waals surface area contributed by atoms with Crippen LogP contribution in [0.1, 0.15) is 13.8 Å². The monoisotopic (exact) mass is 266 g/mol. The smallest absolute Gasteiger partial charge is 1.00 e. The second-order valence-corrected chi connectivity index (χ2v) is 5.91. The Bertz CT molecular complexity index is 34.5. The largest absolute Gasteiger partial charge is 2.00 e. The summed E-state index contributed by atoms with van der Waals surface area (Å²) in [6.45, 7) is 8.46. The van der Waals surface area contributed by atoms with Crippen molar-refractivity contribution in [3.63, 3.8) is 0 Å². The normalized spacial score (nSPS) is 8.00. The Balaban J connectivity index is -0.000000180. The van der Waals surface area contributed by atoms with Gasteiger partial charge in [0.1, 0.15) is 0 Å². The predicted molar refractivity (Wildman–Crippen MR) is 44.0 cm³/mol. The first-order valence-corrected chi connectivity index (χ1v) is 5.59. The van der Waals surface area contributed by atoms with E-state index >= 15 is 0 Å². The van der Waals surface area contributed by atoms with Gasteiger partial charge >= 0.3 is 23.1 Å². The van der Waals surface area contributed by atoms with Crippen LogP contribution in [0.5, 0.6) is 0 Å². The van der Waals surface area contributed by atoms with E-state index in [2.05, 4.69) is 20.8 Å². The van der Waals surface area contributed by atoms with Crippen LogP contribution >= 0.6 is 0 Å². The summed E-state index contributed by atoms with van der Waals surface area (Å²) in [6, 6.07) is 4.10. The van der Waals surface area contributed by atoms with Crippen LogP contribution in [-0.4, -0.2) is 31.8 Å². The molecule has 0 fully saturated rings. The molecule has 0 N–H and O–H groups in total. The van der Waals surface area contributed by atoms with Crippen molar-refractivity contribution in [3.05, 3.63) is 6.92 Å². The van der Waals surface area contributed by atoms with Gasteiger partial charge < -0.3 is 30.9 Å². The van der Waals surface area contributed by atoms with E-state index in [9.17, 15) is 0 Å². The van der Waals surface area contributed by atoms with Gasteiger partial charge in [0.2, 0.25) is 0 Å². The van der Waals surface area contributed by atoms with Gasteiger partial charge in [0, 0.05) is 8.80 Å². The molecule has 0 radical (unpaired) electrons. The standard InChI is InChI=1S/C6H15Si.HI.Mg/c1-4-7(5-2)6-3;;/h7H,1,4-6H2,2-3H3;1H;/q-1;;+2/p-1. The number of hydrogen-bond acceptors (Lipinski definition) is 0. The van der Waals surface area contributed by atoms with Gasteiger partial charge in [-0.25, -0.2) is 0 Å². The summed E-state index contributed by atoms with van der Waals surface area (Å²) in [4.78, 5) is 0. The molecule has 0 heterocycles. The van der Waals surface area contributed by atoms with E-state index in [0.717, 1.165) is 0 Å². The maximum Gasteiger partial charge on any atom is 2.00 e. The van der Waals surface area contributed by atoms with Gasteiger partial charge in [0.25, 0.3) is 0 Å². The molecule has 0 rings (SSSR count). The van der Waals surface area contributed by atoms with Crippen LogP contribution in [0.3, 0.4) is 0 Å². The third kappa shape index (κ3) is 9.71. The zero-order valence-electron chi connectivity index (χ0n) is 6.49. The molecular weight excluding hydrogens is 251 g/mol. The molecule has 0 spiro atoms. The second-order valence-electron chi connectivity index (χ2n) is 1.97. The molecule has 0 unspecified atom stereocenters. The average Bonchev–Trinajstić information content (AvgIpc) is 1.72. The maximum atomic E-state index is 3.89. The minimum Gasteiger partial charge on any atom is -1.00 e. The molecule has 0 aromatic rings. The van der Waals surface area contributed by atoms with Crippen molar-refractivity contribution in [2.45, 2.75) is 32.0 Å². The molecule has 0 saturated carbocycles. The van der Waals surface area contributed by atoms with Gasteiger partial charge in [-0.15, -0.1) is 0 Å². The Kier molecular flexibility index (Phi) is 23.4. The number of halogens is 1. The topological polar surface area (TPSA) is 0 Å². The quantitative estimate of drug-likeness (QED) is 0.339. The van der Waals surface area contributed by atoms with Gasteiger partial charge in [-0.2, -0.15) is 6.04 Å². The van der Waals surface area contributed by atoms with E-state index in [0.29, 0.717) is 0 Å². The van der Waals surface area contributed by atoms with E-state index in [-0.39, 0.29) is 55.8 Å². The Morgan fingerprint density at radius 1 is 1.22 bits per heavy atom. The van der Waals surface area contributed by atoms with E-state index in [1.807, 2.05) is 0 Å². The molecule has 3 heteroatoms. The molecule has 9 heavy (non-hydrogen) atoms. The fourth-order valence-corrected chi connectivity index (χ4v) is 2.09. The van der Waals surface area contributed by atoms with Gasteiger partial charge in [0.15, 0.2) is 0 Å². The van der Waals surface area contributed by atoms with Crippen molar-refractivity contribution < 1.29 is 24.0 Å². The van der Waals surface area contributed by atoms with E-state index in [1.54, 1.807) is 0 Å². The molecule has 0 bridgehead atoms. The fraction of sp³-hybridized carbons (Fsp3) is 0.833. The molecule has 0 nitrogen and oxygen atoms in total. The van der Waals surface area contributed by atoms with E-state index in [4.69, 9.17) is 0 Å². The van der Waals surface area contributed by atoms with Crippen LogP contribution < -0.4 is 24.0 Å². The molecule has 0 aromatic carbocycles. The van der Waals surface area contributed by atoms with Crippen LogP contribution in [-0.2, 0) is 0 Å². The summed E-state index contributed by atoms with van der Waals surface area (Å²) in [5.41, 5.74) is 0. The van der Waals surface area contributed by atoms with Gasteiger partial charge in [-0.3, -0.25) is 0 Å². The molecule has 52 valence electrons. The molecule has 0 atom stereocenters. The number of rotatable bonds is 3. The zero-order valence-corrected chi connectivity index (χ0v) is 11.2. The first-order chi connectivity index (χ1) is 3.35. The van der Waals surface area contributed by atoms with Gasteiger partial charge in [-0.1, -0.05) is 25.9 Å². The Labute approximate surface area is 94.0 Å². The second kappa shape index (κ2) is 12.4. The third-order valence-corrected chi connectivity index (χ3v) is 4.69. The first-order valence-electron chi connectivity index (χ1n) is 3.14. The summed E-state index contributed by atoms with van der Waals surface area (Å²) in [6.07, 6.45) is 0. The van der Waals surface area contributed by atoms with E-state index in [1.165, 1.54) is 18.1 Å². The van der Waals surface area contributed by atoms with Crippen molar-refractivity contribution in [2.75, 3.05) is 0 Å². The maximum absolute atomic E-state index is 3.89. The molecule has 0 aliphatic rings. The summed E-state index contributed by atoms with van der Waals surface area (Å²) in [5.74, 6) is 0. The minimum atomic E-state index is -0.282. The van der Waals surface area contributed by atoms with Crippen LogP contribution in [0.25, 0.3) is 0 Å². The van der Waals surface area contributed by atoms with Crippen LogP contribution in [0.4, 0.5) is 0 Å². The van der Waals surface area contributed by atoms with Crippen LogP contribution in [0.15, 0.2) is 0 Å². The average molecular weight is 266 g/mol. The Hall–Kier alpha value is 1.71. The zero-order chi connectivity index (χ0) is 5.70. The molecule has 0 aliphatic carbocycles.